The van der Waals surface area contributed by atoms with Gasteiger partial charge in [-0.05, 0) is 89.1 Å². The van der Waals surface area contributed by atoms with Crippen LogP contribution in [0.3, 0.4) is 0 Å². The molecule has 2 aliphatic carbocycles. The van der Waals surface area contributed by atoms with Crippen molar-refractivity contribution in [3.8, 4) is 11.1 Å². The van der Waals surface area contributed by atoms with Crippen LogP contribution in [0, 0.1) is 0 Å². The molecular weight excluding hydrogens is 873 g/mol. The summed E-state index contributed by atoms with van der Waals surface area (Å²) in [4.78, 5) is 0. The zero-order valence-electron chi connectivity index (χ0n) is 39.6. The molecule has 0 aromatic heterocycles. The molecule has 72 heavy (non-hydrogen) atoms. The molecule has 0 aliphatic heterocycles. The van der Waals surface area contributed by atoms with Crippen molar-refractivity contribution in [2.45, 2.75) is 11.2 Å². The van der Waals surface area contributed by atoms with E-state index in [-0.39, 0.29) is 0 Å². The maximum Gasteiger partial charge on any atom is 0.142 e. The van der Waals surface area contributed by atoms with E-state index >= 15 is 0 Å². The second kappa shape index (κ2) is 18.8. The van der Waals surface area contributed by atoms with E-state index in [9.17, 15) is 10.2 Å². The highest BCUT2D eigenvalue weighted by Gasteiger charge is 2.50. The van der Waals surface area contributed by atoms with Crippen molar-refractivity contribution in [1.82, 2.24) is 0 Å². The minimum Gasteiger partial charge on any atom is -0.376 e. The van der Waals surface area contributed by atoms with Crippen LogP contribution in [0.1, 0.15) is 55.6 Å². The summed E-state index contributed by atoms with van der Waals surface area (Å²) in [7, 11) is 0. The van der Waals surface area contributed by atoms with E-state index in [1.165, 1.54) is 0 Å². The first-order valence-corrected chi connectivity index (χ1v) is 24.6. The molecule has 12 rings (SSSR count). The summed E-state index contributed by atoms with van der Waals surface area (Å²) in [5, 5.41) is 28.2. The average Bonchev–Trinajstić information content (AvgIpc) is 3.92. The summed E-state index contributed by atoms with van der Waals surface area (Å²) in [5.41, 5.74) is 15.6. The molecule has 0 heterocycles. The second-order valence-corrected chi connectivity index (χ2v) is 18.5. The van der Waals surface area contributed by atoms with Crippen LogP contribution in [0.25, 0.3) is 55.7 Å². The Bertz CT molecular complexity index is 3210. The van der Waals surface area contributed by atoms with Gasteiger partial charge in [-0.2, -0.15) is 0 Å². The van der Waals surface area contributed by atoms with Crippen LogP contribution in [-0.2, 0) is 11.2 Å². The highest BCUT2D eigenvalue weighted by Crippen LogP contribution is 2.63. The number of aliphatic hydroxyl groups is 2. The number of rotatable bonds is 11. The van der Waals surface area contributed by atoms with E-state index in [2.05, 4.69) is 194 Å². The first kappa shape index (κ1) is 44.3. The minimum atomic E-state index is -1.56. The largest absolute Gasteiger partial charge is 0.376 e. The lowest BCUT2D eigenvalue weighted by atomic mass is 9.76. The molecule has 2 N–H and O–H groups in total. The maximum atomic E-state index is 14.1. The first-order valence-electron chi connectivity index (χ1n) is 24.6. The van der Waals surface area contributed by atoms with Crippen molar-refractivity contribution < 1.29 is 10.2 Å². The molecule has 2 heteroatoms. The topological polar surface area (TPSA) is 40.5 Å². The van der Waals surface area contributed by atoms with Gasteiger partial charge < -0.3 is 10.2 Å². The van der Waals surface area contributed by atoms with Crippen molar-refractivity contribution in [2.24, 2.45) is 0 Å². The molecule has 342 valence electrons. The van der Waals surface area contributed by atoms with E-state index in [4.69, 9.17) is 0 Å². The third kappa shape index (κ3) is 7.53. The lowest BCUT2D eigenvalue weighted by Gasteiger charge is -2.33. The van der Waals surface area contributed by atoms with Gasteiger partial charge >= 0.3 is 0 Å². The fourth-order valence-corrected chi connectivity index (χ4v) is 11.3. The van der Waals surface area contributed by atoms with Gasteiger partial charge in [0.05, 0.1) is 0 Å². The summed E-state index contributed by atoms with van der Waals surface area (Å²) < 4.78 is 0. The summed E-state index contributed by atoms with van der Waals surface area (Å²) in [6.45, 7) is 0. The third-order valence-electron chi connectivity index (χ3n) is 14.4. The van der Waals surface area contributed by atoms with Gasteiger partial charge in [0.1, 0.15) is 11.2 Å². The standard InChI is InChI=1S/C70H50O2/c71-69(65(55-33-17-5-18-34-55)61(51-25-9-1-10-26-51)62(52-27-11-2-12-28-52)66(69)56-35-19-6-20-36-56)59-45-41-49(42-46-59)50-43-47-60(48-44-50)70(72)67(57-37-21-7-22-38-57)63(53-29-13-3-14-30-53)64(54-31-15-4-16-32-54)68(70)58-39-23-8-24-40-58/h1-48,71-72H. The van der Waals surface area contributed by atoms with Gasteiger partial charge in [-0.25, -0.2) is 0 Å². The normalized spacial score (nSPS) is 15.1. The Morgan fingerprint density at radius 1 is 0.167 bits per heavy atom. The molecule has 0 amide bonds. The second-order valence-electron chi connectivity index (χ2n) is 18.5. The minimum absolute atomic E-state index is 0.761. The number of benzene rings is 10. The molecule has 10 aromatic carbocycles. The number of hydrogen-bond donors (Lipinski definition) is 2. The quantitative estimate of drug-likeness (QED) is 0.136. The highest BCUT2D eigenvalue weighted by atomic mass is 16.3. The molecule has 0 spiro atoms. The van der Waals surface area contributed by atoms with Crippen molar-refractivity contribution in [1.29, 1.82) is 0 Å². The molecule has 2 aliphatic rings. The molecule has 10 aromatic rings. The molecule has 0 saturated heterocycles. The fourth-order valence-electron chi connectivity index (χ4n) is 11.3. The van der Waals surface area contributed by atoms with Crippen LogP contribution in [0.15, 0.2) is 291 Å². The Balaban J connectivity index is 1.03. The number of allylic oxidation sites excluding steroid dienone is 4. The zero-order valence-corrected chi connectivity index (χ0v) is 39.6. The van der Waals surface area contributed by atoms with E-state index in [0.717, 1.165) is 111 Å². The van der Waals surface area contributed by atoms with Gasteiger partial charge in [0.2, 0.25) is 0 Å². The van der Waals surface area contributed by atoms with E-state index < -0.39 is 11.2 Å². The molecule has 0 saturated carbocycles. The predicted octanol–water partition coefficient (Wildman–Crippen LogP) is 16.2. The summed E-state index contributed by atoms with van der Waals surface area (Å²) in [6, 6.07) is 100. The number of hydrogen-bond acceptors (Lipinski definition) is 2. The van der Waals surface area contributed by atoms with Crippen molar-refractivity contribution >= 4 is 44.6 Å². The van der Waals surface area contributed by atoms with Crippen LogP contribution in [0.4, 0.5) is 0 Å². The van der Waals surface area contributed by atoms with Gasteiger partial charge in [0, 0.05) is 22.3 Å². The third-order valence-corrected chi connectivity index (χ3v) is 14.4. The monoisotopic (exact) mass is 922 g/mol. The fraction of sp³-hybridized carbons (Fsp3) is 0.0286. The Kier molecular flexibility index (Phi) is 11.5. The Hall–Kier alpha value is -8.92. The molecule has 0 unspecified atom stereocenters. The van der Waals surface area contributed by atoms with Gasteiger partial charge in [-0.1, -0.05) is 291 Å². The summed E-state index contributed by atoms with van der Waals surface area (Å²) in [6.07, 6.45) is 0. The van der Waals surface area contributed by atoms with Crippen LogP contribution < -0.4 is 0 Å². The SMILES string of the molecule is OC1(c2ccc(-c3ccc(C4(O)C(c5ccccc5)=C(c5ccccc5)C(c5ccccc5)=C4c4ccccc4)cc3)cc2)C(c2ccccc2)=C(c2ccccc2)C(c2ccccc2)=C1c1ccccc1. The molecule has 0 radical (unpaired) electrons. The lowest BCUT2D eigenvalue weighted by molar-refractivity contribution is 0.167. The average molecular weight is 923 g/mol. The summed E-state index contributed by atoms with van der Waals surface area (Å²) in [5.74, 6) is 0. The first-order chi connectivity index (χ1) is 35.5. The van der Waals surface area contributed by atoms with Crippen LogP contribution in [-0.4, -0.2) is 10.2 Å². The van der Waals surface area contributed by atoms with Gasteiger partial charge in [0.15, 0.2) is 0 Å². The highest BCUT2D eigenvalue weighted by molar-refractivity contribution is 6.32. The molecular formula is C70H50O2. The molecule has 2 nitrogen and oxygen atoms in total. The molecule has 0 bridgehead atoms. The van der Waals surface area contributed by atoms with Gasteiger partial charge in [-0.3, -0.25) is 0 Å². The Morgan fingerprint density at radius 2 is 0.333 bits per heavy atom. The van der Waals surface area contributed by atoms with Crippen molar-refractivity contribution in [3.05, 3.63) is 347 Å². The molecule has 0 atom stereocenters. The van der Waals surface area contributed by atoms with E-state index in [1.807, 2.05) is 97.1 Å². The lowest BCUT2D eigenvalue weighted by Crippen LogP contribution is -2.28. The smallest absolute Gasteiger partial charge is 0.142 e. The Morgan fingerprint density at radius 3 is 0.514 bits per heavy atom. The predicted molar refractivity (Wildman–Crippen MR) is 298 cm³/mol. The zero-order chi connectivity index (χ0) is 48.5. The van der Waals surface area contributed by atoms with E-state index in [1.54, 1.807) is 0 Å². The Labute approximate surface area is 421 Å². The maximum absolute atomic E-state index is 14.1. The van der Waals surface area contributed by atoms with Crippen LogP contribution >= 0.6 is 0 Å². The van der Waals surface area contributed by atoms with Crippen LogP contribution in [0.2, 0.25) is 0 Å². The van der Waals surface area contributed by atoms with E-state index in [0.29, 0.717) is 0 Å². The van der Waals surface area contributed by atoms with Crippen molar-refractivity contribution in [3.63, 3.8) is 0 Å². The molecule has 0 fully saturated rings. The van der Waals surface area contributed by atoms with Gasteiger partial charge in [0.25, 0.3) is 0 Å². The summed E-state index contributed by atoms with van der Waals surface area (Å²) >= 11 is 0. The van der Waals surface area contributed by atoms with Crippen LogP contribution in [0.5, 0.6) is 0 Å². The van der Waals surface area contributed by atoms with Gasteiger partial charge in [-0.15, -0.1) is 0 Å². The van der Waals surface area contributed by atoms with Crippen molar-refractivity contribution in [2.75, 3.05) is 0 Å².